The van der Waals surface area contributed by atoms with Crippen LogP contribution in [0.25, 0.3) is 5.69 Å². The van der Waals surface area contributed by atoms with E-state index in [9.17, 15) is 8.42 Å². The fraction of sp³-hybridized carbons (Fsp3) is 0.500. The third kappa shape index (κ3) is 5.94. The number of nitrogens with zero attached hydrogens (tertiary/aromatic N) is 7. The van der Waals surface area contributed by atoms with E-state index in [1.54, 1.807) is 13.8 Å². The zero-order valence-electron chi connectivity index (χ0n) is 20.0. The van der Waals surface area contributed by atoms with Gasteiger partial charge in [0, 0.05) is 24.9 Å². The Morgan fingerprint density at radius 3 is 2.26 bits per heavy atom. The van der Waals surface area contributed by atoms with Crippen molar-refractivity contribution in [3.8, 4) is 17.4 Å². The zero-order chi connectivity index (χ0) is 25.6. The molecule has 3 aromatic heterocycles. The fourth-order valence-electron chi connectivity index (χ4n) is 3.11. The van der Waals surface area contributed by atoms with Crippen LogP contribution in [0.4, 0.5) is 5.95 Å². The quantitative estimate of drug-likeness (QED) is 0.345. The minimum Gasteiger partial charge on any atom is -0.479 e. The lowest BCUT2D eigenvalue weighted by Crippen LogP contribution is -2.31. The van der Waals surface area contributed by atoms with Gasteiger partial charge < -0.3 is 14.2 Å². The summed E-state index contributed by atoms with van der Waals surface area (Å²) in [5.74, 6) is 0.223. The van der Waals surface area contributed by atoms with E-state index in [1.165, 1.54) is 37.5 Å². The van der Waals surface area contributed by atoms with E-state index in [1.807, 2.05) is 6.92 Å². The van der Waals surface area contributed by atoms with Crippen LogP contribution in [0.15, 0.2) is 18.7 Å². The molecule has 2 unspecified atom stereocenters. The number of aromatic nitrogens is 7. The van der Waals surface area contributed by atoms with Crippen molar-refractivity contribution < 1.29 is 22.6 Å². The van der Waals surface area contributed by atoms with Crippen LogP contribution in [0.1, 0.15) is 44.8 Å². The van der Waals surface area contributed by atoms with E-state index in [0.717, 1.165) is 6.42 Å². The summed E-state index contributed by atoms with van der Waals surface area (Å²) < 4.78 is 47.0. The average Bonchev–Trinajstić information content (AvgIpc) is 3.24. The summed E-state index contributed by atoms with van der Waals surface area (Å²) in [5.41, 5.74) is 0.219. The lowest BCUT2D eigenvalue weighted by Gasteiger charge is -2.21. The molecule has 0 aromatic carbocycles. The Hall–Kier alpha value is -3.10. The fourth-order valence-corrected chi connectivity index (χ4v) is 4.44. The zero-order valence-corrected chi connectivity index (χ0v) is 21.5. The van der Waals surface area contributed by atoms with Gasteiger partial charge in [-0.3, -0.25) is 9.29 Å². The molecule has 35 heavy (non-hydrogen) atoms. The van der Waals surface area contributed by atoms with Crippen molar-refractivity contribution >= 4 is 27.6 Å². The molecule has 3 heterocycles. The smallest absolute Gasteiger partial charge is 0.245 e. The van der Waals surface area contributed by atoms with Gasteiger partial charge in [-0.1, -0.05) is 25.4 Å². The van der Waals surface area contributed by atoms with Gasteiger partial charge in [-0.2, -0.15) is 9.97 Å². The monoisotopic (exact) mass is 526 g/mol. The molecule has 0 fully saturated rings. The topological polar surface area (TPSA) is 156 Å². The van der Waals surface area contributed by atoms with Crippen molar-refractivity contribution in [1.82, 2.24) is 34.7 Å². The first-order valence-electron chi connectivity index (χ1n) is 10.7. The van der Waals surface area contributed by atoms with Crippen molar-refractivity contribution in [2.45, 2.75) is 45.0 Å². The maximum atomic E-state index is 13.3. The Morgan fingerprint density at radius 1 is 1.06 bits per heavy atom. The van der Waals surface area contributed by atoms with Gasteiger partial charge in [0.15, 0.2) is 11.5 Å². The molecule has 0 saturated heterocycles. The molecule has 0 radical (unpaired) electrons. The molecule has 0 bridgehead atoms. The van der Waals surface area contributed by atoms with E-state index in [0.29, 0.717) is 23.3 Å². The lowest BCUT2D eigenvalue weighted by molar-refractivity contribution is 0.115. The van der Waals surface area contributed by atoms with Gasteiger partial charge in [0.25, 0.3) is 0 Å². The van der Waals surface area contributed by atoms with Gasteiger partial charge in [-0.15, -0.1) is 10.2 Å². The molecule has 3 aromatic rings. The van der Waals surface area contributed by atoms with Crippen LogP contribution in [0.3, 0.4) is 0 Å². The van der Waals surface area contributed by atoms with Gasteiger partial charge in [-0.05, 0) is 13.3 Å². The van der Waals surface area contributed by atoms with Crippen LogP contribution in [-0.4, -0.2) is 69.2 Å². The number of methoxy groups -OCH3 is 2. The molecule has 0 saturated carbocycles. The number of halogens is 1. The first-order valence-corrected chi connectivity index (χ1v) is 12.6. The Kier molecular flexibility index (Phi) is 8.75. The molecule has 2 atom stereocenters. The largest absolute Gasteiger partial charge is 0.479 e. The van der Waals surface area contributed by atoms with Crippen LogP contribution < -0.4 is 14.2 Å². The van der Waals surface area contributed by atoms with Gasteiger partial charge in [0.1, 0.15) is 18.8 Å². The Morgan fingerprint density at radius 2 is 1.69 bits per heavy atom. The third-order valence-electron chi connectivity index (χ3n) is 5.15. The predicted octanol–water partition coefficient (Wildman–Crippen LogP) is 2.38. The minimum absolute atomic E-state index is 0.0499. The van der Waals surface area contributed by atoms with E-state index in [4.69, 9.17) is 25.8 Å². The van der Waals surface area contributed by atoms with Crippen molar-refractivity contribution in [3.63, 3.8) is 0 Å². The molecule has 190 valence electrons. The van der Waals surface area contributed by atoms with Crippen molar-refractivity contribution in [1.29, 1.82) is 0 Å². The third-order valence-corrected chi connectivity index (χ3v) is 7.20. The molecule has 1 N–H and O–H groups in total. The Labute approximate surface area is 208 Å². The van der Waals surface area contributed by atoms with Gasteiger partial charge >= 0.3 is 0 Å². The number of hydrogen-bond acceptors (Lipinski definition) is 11. The van der Waals surface area contributed by atoms with E-state index in [2.05, 4.69) is 34.9 Å². The highest BCUT2D eigenvalue weighted by molar-refractivity contribution is 7.93. The molecule has 0 aliphatic carbocycles. The number of nitrogens with one attached hydrogen (secondary N) is 1. The first kappa shape index (κ1) is 26.5. The normalized spacial score (nSPS) is 13.3. The first-order chi connectivity index (χ1) is 16.7. The van der Waals surface area contributed by atoms with Crippen LogP contribution in [0.5, 0.6) is 11.8 Å². The summed E-state index contributed by atoms with van der Waals surface area (Å²) in [4.78, 5) is 16.5. The van der Waals surface area contributed by atoms with Crippen LogP contribution in [-0.2, 0) is 21.4 Å². The molecular formula is C20H27ClN8O5S. The molecule has 0 amide bonds. The lowest BCUT2D eigenvalue weighted by atomic mass is 10.1. The molecule has 0 aliphatic rings. The number of ether oxygens (including phenoxy) is 3. The predicted molar refractivity (Wildman–Crippen MR) is 127 cm³/mol. The van der Waals surface area contributed by atoms with Gasteiger partial charge in [-0.25, -0.2) is 18.4 Å². The highest BCUT2D eigenvalue weighted by atomic mass is 35.5. The summed E-state index contributed by atoms with van der Waals surface area (Å²) in [7, 11) is -1.16. The van der Waals surface area contributed by atoms with Crippen LogP contribution in [0.2, 0.25) is 5.02 Å². The maximum Gasteiger partial charge on any atom is 0.245 e. The van der Waals surface area contributed by atoms with Gasteiger partial charge in [0.2, 0.25) is 27.7 Å². The molecule has 0 aliphatic heterocycles. The maximum absolute atomic E-state index is 13.3. The molecule has 0 spiro atoms. The van der Waals surface area contributed by atoms with E-state index < -0.39 is 21.2 Å². The highest BCUT2D eigenvalue weighted by Crippen LogP contribution is 2.33. The summed E-state index contributed by atoms with van der Waals surface area (Å²) in [5, 5.41) is 7.60. The summed E-state index contributed by atoms with van der Waals surface area (Å²) in [6.45, 7) is 5.74. The second-order valence-electron chi connectivity index (χ2n) is 7.47. The number of rotatable bonds is 12. The van der Waals surface area contributed by atoms with E-state index in [-0.39, 0.29) is 30.0 Å². The Bertz CT molecular complexity index is 1220. The molecule has 15 heteroatoms. The van der Waals surface area contributed by atoms with E-state index >= 15 is 0 Å². The average molecular weight is 527 g/mol. The number of hydrogen-bond donors (Lipinski definition) is 1. The summed E-state index contributed by atoms with van der Waals surface area (Å²) in [6.07, 6.45) is 4.88. The summed E-state index contributed by atoms with van der Waals surface area (Å²) >= 11 is 5.85. The number of anilines is 1. The molecular weight excluding hydrogens is 500 g/mol. The Balaban J connectivity index is 2.03. The molecule has 3 rings (SSSR count). The number of sulfonamides is 1. The van der Waals surface area contributed by atoms with Crippen molar-refractivity contribution in [2.75, 3.05) is 25.5 Å². The standard InChI is InChI=1S/C20H27ClN8O5S/c1-6-7-34-10-15-26-27-20(29(15)16-18(32-4)24-11-25-19(16)33-5)28-35(30,31)13(3)12(2)17-22-8-14(21)9-23-17/h8-9,11-13H,6-7,10H2,1-5H3,(H,27,28). The highest BCUT2D eigenvalue weighted by Gasteiger charge is 2.32. The minimum atomic E-state index is -4.00. The van der Waals surface area contributed by atoms with Crippen LogP contribution in [0, 0.1) is 0 Å². The van der Waals surface area contributed by atoms with Crippen molar-refractivity contribution in [2.24, 2.45) is 0 Å². The SMILES string of the molecule is CCCOCc1nnc(NS(=O)(=O)C(C)C(C)c2ncc(Cl)cn2)n1-c1c(OC)ncnc1OC. The van der Waals surface area contributed by atoms with Gasteiger partial charge in [0.05, 0.1) is 24.5 Å². The second kappa shape index (κ2) is 11.6. The molecule has 13 nitrogen and oxygen atoms in total. The summed E-state index contributed by atoms with van der Waals surface area (Å²) in [6, 6.07) is 0. The van der Waals surface area contributed by atoms with Crippen LogP contribution >= 0.6 is 11.6 Å². The second-order valence-corrected chi connectivity index (χ2v) is 9.94. The van der Waals surface area contributed by atoms with Crippen molar-refractivity contribution in [3.05, 3.63) is 35.4 Å².